The zero-order chi connectivity index (χ0) is 15.6. The Morgan fingerprint density at radius 2 is 2.10 bits per heavy atom. The number of benzene rings is 1. The van der Waals surface area contributed by atoms with Crippen molar-refractivity contribution in [1.29, 1.82) is 0 Å². The Labute approximate surface area is 127 Å². The molecule has 21 heavy (non-hydrogen) atoms. The van der Waals surface area contributed by atoms with Gasteiger partial charge in [0.15, 0.2) is 0 Å². The minimum Gasteiger partial charge on any atom is -0.477 e. The van der Waals surface area contributed by atoms with E-state index < -0.39 is 10.9 Å². The van der Waals surface area contributed by atoms with Gasteiger partial charge in [-0.25, -0.2) is 9.78 Å². The number of carbonyl (C=O) groups is 1. The normalized spacial score (nSPS) is 10.2. The number of carboxylic acids is 1. The van der Waals surface area contributed by atoms with Gasteiger partial charge in [-0.05, 0) is 25.1 Å². The number of pyridine rings is 1. The van der Waals surface area contributed by atoms with Gasteiger partial charge in [-0.2, -0.15) is 0 Å². The fraction of sp³-hybridized carbons (Fsp3) is 0.0769. The second-order valence-electron chi connectivity index (χ2n) is 4.11. The monoisotopic (exact) mass is 352 g/mol. The maximum atomic E-state index is 11.1. The maximum absolute atomic E-state index is 11.1. The summed E-state index contributed by atoms with van der Waals surface area (Å²) in [5.41, 5.74) is 0.270. The molecular formula is C13H9BrN2O5. The summed E-state index contributed by atoms with van der Waals surface area (Å²) in [6.45, 7) is 1.68. The van der Waals surface area contributed by atoms with Crippen molar-refractivity contribution in [2.24, 2.45) is 0 Å². The van der Waals surface area contributed by atoms with Gasteiger partial charge in [-0.15, -0.1) is 0 Å². The van der Waals surface area contributed by atoms with Crippen LogP contribution in [-0.4, -0.2) is 21.0 Å². The molecule has 108 valence electrons. The fourth-order valence-electron chi connectivity index (χ4n) is 1.60. The first-order valence-electron chi connectivity index (χ1n) is 5.70. The van der Waals surface area contributed by atoms with Crippen LogP contribution in [0.2, 0.25) is 0 Å². The summed E-state index contributed by atoms with van der Waals surface area (Å²) in [6, 6.07) is 6.91. The Kier molecular flexibility index (Phi) is 4.18. The Balaban J connectivity index is 2.45. The number of carboxylic acid groups (broad SMARTS) is 1. The lowest BCUT2D eigenvalue weighted by molar-refractivity contribution is -0.385. The van der Waals surface area contributed by atoms with Crippen LogP contribution < -0.4 is 4.74 Å². The predicted octanol–water partition coefficient (Wildman–Crippen LogP) is 3.55. The van der Waals surface area contributed by atoms with Crippen molar-refractivity contribution in [1.82, 2.24) is 4.98 Å². The lowest BCUT2D eigenvalue weighted by atomic mass is 10.2. The molecule has 7 nitrogen and oxygen atoms in total. The van der Waals surface area contributed by atoms with Crippen LogP contribution in [0.15, 0.2) is 34.8 Å². The van der Waals surface area contributed by atoms with Gasteiger partial charge in [0.1, 0.15) is 11.3 Å². The third-order valence-corrected chi connectivity index (χ3v) is 2.97. The molecule has 0 aliphatic heterocycles. The summed E-state index contributed by atoms with van der Waals surface area (Å²) in [4.78, 5) is 25.4. The van der Waals surface area contributed by atoms with Crippen molar-refractivity contribution in [3.63, 3.8) is 0 Å². The summed E-state index contributed by atoms with van der Waals surface area (Å²) in [5.74, 6) is -1.19. The molecule has 0 bridgehead atoms. The number of halogens is 1. The topological polar surface area (TPSA) is 103 Å². The minimum absolute atomic E-state index is 0.116. The van der Waals surface area contributed by atoms with E-state index in [0.717, 1.165) is 0 Å². The Hall–Kier alpha value is -2.48. The second-order valence-corrected chi connectivity index (χ2v) is 5.03. The van der Waals surface area contributed by atoms with Crippen LogP contribution in [-0.2, 0) is 0 Å². The van der Waals surface area contributed by atoms with E-state index >= 15 is 0 Å². The molecule has 0 unspecified atom stereocenters. The molecule has 0 amide bonds. The highest BCUT2D eigenvalue weighted by Gasteiger charge is 2.16. The van der Waals surface area contributed by atoms with Crippen molar-refractivity contribution < 1.29 is 19.6 Å². The molecule has 0 saturated carbocycles. The number of non-ortho nitro benzene ring substituents is 1. The first-order chi connectivity index (χ1) is 9.86. The van der Waals surface area contributed by atoms with Crippen molar-refractivity contribution in [3.05, 3.63) is 56.2 Å². The fourth-order valence-corrected chi connectivity index (χ4v) is 2.06. The van der Waals surface area contributed by atoms with E-state index in [2.05, 4.69) is 20.9 Å². The molecule has 0 fully saturated rings. The Morgan fingerprint density at radius 3 is 2.71 bits per heavy atom. The number of nitro benzene ring substituents is 1. The van der Waals surface area contributed by atoms with E-state index in [1.165, 1.54) is 24.3 Å². The maximum Gasteiger partial charge on any atom is 0.341 e. The van der Waals surface area contributed by atoms with Gasteiger partial charge < -0.3 is 9.84 Å². The van der Waals surface area contributed by atoms with E-state index in [4.69, 9.17) is 9.84 Å². The number of aromatic nitrogens is 1. The molecular weight excluding hydrogens is 344 g/mol. The second kappa shape index (κ2) is 5.88. The van der Waals surface area contributed by atoms with Gasteiger partial charge in [-0.1, -0.05) is 15.9 Å². The number of aromatic carboxylic acids is 1. The van der Waals surface area contributed by atoms with E-state index in [-0.39, 0.29) is 22.9 Å². The lowest BCUT2D eigenvalue weighted by Crippen LogP contribution is -2.03. The molecule has 2 aromatic rings. The number of nitrogens with zero attached hydrogens (tertiary/aromatic N) is 2. The third kappa shape index (κ3) is 3.54. The first-order valence-corrected chi connectivity index (χ1v) is 6.50. The molecule has 1 aromatic heterocycles. The number of rotatable bonds is 4. The SMILES string of the molecule is Cc1ccc(C(=O)O)c(Oc2cc(Br)cc([N+](=O)[O-])c2)n1. The molecule has 1 N–H and O–H groups in total. The van der Waals surface area contributed by atoms with Crippen LogP contribution in [0.25, 0.3) is 0 Å². The van der Waals surface area contributed by atoms with Gasteiger partial charge in [0.2, 0.25) is 5.88 Å². The van der Waals surface area contributed by atoms with E-state index in [0.29, 0.717) is 10.2 Å². The van der Waals surface area contributed by atoms with Crippen LogP contribution in [0.1, 0.15) is 16.1 Å². The zero-order valence-corrected chi connectivity index (χ0v) is 12.3. The van der Waals surface area contributed by atoms with Crippen LogP contribution in [0.3, 0.4) is 0 Å². The molecule has 0 saturated heterocycles. The molecule has 0 radical (unpaired) electrons. The van der Waals surface area contributed by atoms with Gasteiger partial charge >= 0.3 is 5.97 Å². The van der Waals surface area contributed by atoms with Gasteiger partial charge in [0, 0.05) is 16.2 Å². The molecule has 1 heterocycles. The summed E-state index contributed by atoms with van der Waals surface area (Å²) in [5, 5.41) is 19.9. The first kappa shape index (κ1) is 14.9. The smallest absolute Gasteiger partial charge is 0.341 e. The van der Waals surface area contributed by atoms with Gasteiger partial charge in [0.25, 0.3) is 5.69 Å². The molecule has 1 aromatic carbocycles. The average molecular weight is 353 g/mol. The highest BCUT2D eigenvalue weighted by atomic mass is 79.9. The summed E-state index contributed by atoms with van der Waals surface area (Å²) in [7, 11) is 0. The van der Waals surface area contributed by atoms with Crippen molar-refractivity contribution in [2.75, 3.05) is 0 Å². The number of aryl methyl sites for hydroxylation is 1. The molecule has 0 aliphatic carbocycles. The van der Waals surface area contributed by atoms with E-state index in [9.17, 15) is 14.9 Å². The Bertz CT molecular complexity index is 732. The largest absolute Gasteiger partial charge is 0.477 e. The van der Waals surface area contributed by atoms with Gasteiger partial charge in [0.05, 0.1) is 11.0 Å². The molecule has 2 rings (SSSR count). The number of hydrogen-bond acceptors (Lipinski definition) is 5. The van der Waals surface area contributed by atoms with E-state index in [1.807, 2.05) is 0 Å². The van der Waals surface area contributed by atoms with Gasteiger partial charge in [-0.3, -0.25) is 10.1 Å². The number of nitro groups is 1. The summed E-state index contributed by atoms with van der Waals surface area (Å²) >= 11 is 3.14. The minimum atomic E-state index is -1.19. The highest BCUT2D eigenvalue weighted by Crippen LogP contribution is 2.30. The molecule has 0 atom stereocenters. The summed E-state index contributed by atoms with van der Waals surface area (Å²) < 4.78 is 5.84. The molecule has 0 spiro atoms. The van der Waals surface area contributed by atoms with Crippen LogP contribution >= 0.6 is 15.9 Å². The van der Waals surface area contributed by atoms with Crippen molar-refractivity contribution in [3.8, 4) is 11.6 Å². The number of ether oxygens (including phenoxy) is 1. The quantitative estimate of drug-likeness (QED) is 0.666. The van der Waals surface area contributed by atoms with Crippen LogP contribution in [0.5, 0.6) is 11.6 Å². The van der Waals surface area contributed by atoms with Crippen LogP contribution in [0, 0.1) is 17.0 Å². The van der Waals surface area contributed by atoms with E-state index in [1.54, 1.807) is 13.0 Å². The molecule has 0 aliphatic rings. The zero-order valence-electron chi connectivity index (χ0n) is 10.7. The summed E-state index contributed by atoms with van der Waals surface area (Å²) in [6.07, 6.45) is 0. The average Bonchev–Trinajstić information content (AvgIpc) is 2.37. The third-order valence-electron chi connectivity index (χ3n) is 2.51. The molecule has 8 heteroatoms. The predicted molar refractivity (Wildman–Crippen MR) is 76.8 cm³/mol. The Morgan fingerprint density at radius 1 is 1.38 bits per heavy atom. The number of hydrogen-bond donors (Lipinski definition) is 1. The lowest BCUT2D eigenvalue weighted by Gasteiger charge is -2.08. The van der Waals surface area contributed by atoms with Crippen molar-refractivity contribution >= 4 is 27.6 Å². The standard InChI is InChI=1S/C13H9BrN2O5/c1-7-2-3-11(13(17)18)12(15-7)21-10-5-8(14)4-9(6-10)16(19)20/h2-6H,1H3,(H,17,18). The van der Waals surface area contributed by atoms with Crippen LogP contribution in [0.4, 0.5) is 5.69 Å². The van der Waals surface area contributed by atoms with Crippen molar-refractivity contribution in [2.45, 2.75) is 6.92 Å². The highest BCUT2D eigenvalue weighted by molar-refractivity contribution is 9.10.